The predicted molar refractivity (Wildman–Crippen MR) is 97.3 cm³/mol. The third-order valence-corrected chi connectivity index (χ3v) is 4.54. The summed E-state index contributed by atoms with van der Waals surface area (Å²) in [5, 5.41) is 12.4. The molecule has 0 amide bonds. The molecule has 0 bridgehead atoms. The summed E-state index contributed by atoms with van der Waals surface area (Å²) < 4.78 is 0. The topological polar surface area (TPSA) is 74.2 Å². The van der Waals surface area contributed by atoms with Crippen molar-refractivity contribution in [2.45, 2.75) is 25.8 Å². The average Bonchev–Trinajstić information content (AvgIpc) is 2.59. The van der Waals surface area contributed by atoms with E-state index in [9.17, 15) is 5.26 Å². The van der Waals surface area contributed by atoms with Gasteiger partial charge in [-0.05, 0) is 41.5 Å². The highest BCUT2D eigenvalue weighted by molar-refractivity contribution is 5.77. The number of guanidine groups is 1. The molecule has 1 fully saturated rings. The van der Waals surface area contributed by atoms with Crippen molar-refractivity contribution in [3.8, 4) is 17.2 Å². The molecule has 0 unspecified atom stereocenters. The van der Waals surface area contributed by atoms with Crippen molar-refractivity contribution in [2.75, 3.05) is 6.54 Å². The summed E-state index contributed by atoms with van der Waals surface area (Å²) in [7, 11) is 0. The molecule has 0 atom stereocenters. The lowest BCUT2D eigenvalue weighted by molar-refractivity contribution is 0.315. The van der Waals surface area contributed by atoms with E-state index in [1.807, 2.05) is 48.5 Å². The van der Waals surface area contributed by atoms with Crippen molar-refractivity contribution in [1.82, 2.24) is 5.32 Å². The predicted octanol–water partition coefficient (Wildman–Crippen LogP) is 3.43. The first-order chi connectivity index (χ1) is 11.8. The molecule has 4 heteroatoms. The molecule has 0 radical (unpaired) electrons. The van der Waals surface area contributed by atoms with Gasteiger partial charge in [-0.3, -0.25) is 0 Å². The highest BCUT2D eigenvalue weighted by Gasteiger charge is 2.16. The molecule has 24 heavy (non-hydrogen) atoms. The molecule has 0 aromatic heterocycles. The van der Waals surface area contributed by atoms with E-state index >= 15 is 0 Å². The molecule has 1 aliphatic rings. The number of aliphatic imine (C=N–C) groups is 1. The number of nitrogens with zero attached hydrogens (tertiary/aromatic N) is 2. The van der Waals surface area contributed by atoms with Gasteiger partial charge in [0.1, 0.15) is 0 Å². The minimum absolute atomic E-state index is 0.515. The smallest absolute Gasteiger partial charge is 0.188 e. The number of hydrogen-bond acceptors (Lipinski definition) is 2. The Hall–Kier alpha value is -2.80. The van der Waals surface area contributed by atoms with Crippen LogP contribution >= 0.6 is 0 Å². The second kappa shape index (κ2) is 7.65. The van der Waals surface area contributed by atoms with E-state index in [4.69, 9.17) is 5.73 Å². The highest BCUT2D eigenvalue weighted by atomic mass is 15.1. The lowest BCUT2D eigenvalue weighted by Gasteiger charge is -2.25. The first-order valence-electron chi connectivity index (χ1n) is 8.38. The van der Waals surface area contributed by atoms with E-state index in [0.29, 0.717) is 18.1 Å². The highest BCUT2D eigenvalue weighted by Crippen LogP contribution is 2.25. The quantitative estimate of drug-likeness (QED) is 0.655. The van der Waals surface area contributed by atoms with Gasteiger partial charge in [-0.25, -0.2) is 4.99 Å². The van der Waals surface area contributed by atoms with Gasteiger partial charge in [-0.2, -0.15) is 5.26 Å². The Balaban J connectivity index is 1.61. The van der Waals surface area contributed by atoms with Gasteiger partial charge in [-0.1, -0.05) is 48.9 Å². The summed E-state index contributed by atoms with van der Waals surface area (Å²) in [6.45, 7) is 1.49. The molecule has 0 heterocycles. The first-order valence-corrected chi connectivity index (χ1v) is 8.38. The summed E-state index contributed by atoms with van der Waals surface area (Å²) in [5.41, 5.74) is 9.69. The van der Waals surface area contributed by atoms with Crippen LogP contribution in [0.25, 0.3) is 11.1 Å². The Kier molecular flexibility index (Phi) is 5.12. The molecular weight excluding hydrogens is 296 g/mol. The van der Waals surface area contributed by atoms with E-state index in [2.05, 4.69) is 16.4 Å². The summed E-state index contributed by atoms with van der Waals surface area (Å²) in [6, 6.07) is 18.0. The SMILES string of the molecule is N#Cc1ccccc1-c1ccc(CN=C(N)NCC2CCC2)cc1. The monoisotopic (exact) mass is 318 g/mol. The maximum absolute atomic E-state index is 9.20. The van der Waals surface area contributed by atoms with Gasteiger partial charge in [0, 0.05) is 6.54 Å². The van der Waals surface area contributed by atoms with Crippen molar-refractivity contribution < 1.29 is 0 Å². The number of nitrogens with one attached hydrogen (secondary N) is 1. The minimum Gasteiger partial charge on any atom is -0.370 e. The minimum atomic E-state index is 0.515. The van der Waals surface area contributed by atoms with Crippen LogP contribution in [0.5, 0.6) is 0 Å². The summed E-state index contributed by atoms with van der Waals surface area (Å²) in [5.74, 6) is 1.28. The van der Waals surface area contributed by atoms with Crippen molar-refractivity contribution in [3.63, 3.8) is 0 Å². The fourth-order valence-electron chi connectivity index (χ4n) is 2.80. The standard InChI is InChI=1S/C20H22N4/c21-12-18-6-1-2-7-19(18)17-10-8-16(9-11-17)14-24-20(22)23-13-15-4-3-5-15/h1-2,6-11,15H,3-5,13-14H2,(H3,22,23,24). The van der Waals surface area contributed by atoms with Gasteiger partial charge in [0.25, 0.3) is 0 Å². The molecule has 0 aliphatic heterocycles. The van der Waals surface area contributed by atoms with Crippen molar-refractivity contribution >= 4 is 5.96 Å². The molecule has 3 N–H and O–H groups in total. The Morgan fingerprint density at radius 1 is 1.17 bits per heavy atom. The molecule has 2 aromatic rings. The fourth-order valence-corrected chi connectivity index (χ4v) is 2.80. The van der Waals surface area contributed by atoms with Crippen LogP contribution < -0.4 is 11.1 Å². The van der Waals surface area contributed by atoms with Gasteiger partial charge in [0.2, 0.25) is 0 Å². The van der Waals surface area contributed by atoms with Crippen molar-refractivity contribution in [3.05, 3.63) is 59.7 Å². The molecule has 0 saturated heterocycles. The van der Waals surface area contributed by atoms with Crippen LogP contribution in [-0.2, 0) is 6.54 Å². The third kappa shape index (κ3) is 3.94. The van der Waals surface area contributed by atoms with Gasteiger partial charge in [-0.15, -0.1) is 0 Å². The second-order valence-corrected chi connectivity index (χ2v) is 6.23. The van der Waals surface area contributed by atoms with E-state index in [0.717, 1.165) is 29.2 Å². The van der Waals surface area contributed by atoms with Crippen LogP contribution in [0.15, 0.2) is 53.5 Å². The van der Waals surface area contributed by atoms with Crippen molar-refractivity contribution in [1.29, 1.82) is 5.26 Å². The molecule has 1 saturated carbocycles. The zero-order valence-electron chi connectivity index (χ0n) is 13.7. The van der Waals surface area contributed by atoms with Crippen LogP contribution in [-0.4, -0.2) is 12.5 Å². The lowest BCUT2D eigenvalue weighted by atomic mass is 9.85. The van der Waals surface area contributed by atoms with Crippen LogP contribution in [0.2, 0.25) is 0 Å². The molecular formula is C20H22N4. The molecule has 1 aliphatic carbocycles. The molecule has 0 spiro atoms. The average molecular weight is 318 g/mol. The number of nitrogens with two attached hydrogens (primary N) is 1. The largest absolute Gasteiger partial charge is 0.370 e. The fraction of sp³-hybridized carbons (Fsp3) is 0.300. The van der Waals surface area contributed by atoms with Crippen LogP contribution in [0.1, 0.15) is 30.4 Å². The molecule has 122 valence electrons. The van der Waals surface area contributed by atoms with Crippen molar-refractivity contribution in [2.24, 2.45) is 16.6 Å². The Morgan fingerprint density at radius 2 is 1.92 bits per heavy atom. The summed E-state index contributed by atoms with van der Waals surface area (Å²) in [4.78, 5) is 4.39. The van der Waals surface area contributed by atoms with Gasteiger partial charge in [0.05, 0.1) is 18.2 Å². The number of rotatable bonds is 5. The Labute approximate surface area is 143 Å². The van der Waals surface area contributed by atoms with Crippen LogP contribution in [0.4, 0.5) is 0 Å². The number of hydrogen-bond donors (Lipinski definition) is 2. The van der Waals surface area contributed by atoms with Gasteiger partial charge in [0.15, 0.2) is 5.96 Å². The van der Waals surface area contributed by atoms with Gasteiger partial charge >= 0.3 is 0 Å². The van der Waals surface area contributed by atoms with Crippen LogP contribution in [0, 0.1) is 17.2 Å². The summed E-state index contributed by atoms with van der Waals surface area (Å²) >= 11 is 0. The normalized spacial score (nSPS) is 14.7. The van der Waals surface area contributed by atoms with Crippen LogP contribution in [0.3, 0.4) is 0 Å². The first kappa shape index (κ1) is 16.1. The zero-order valence-corrected chi connectivity index (χ0v) is 13.7. The van der Waals surface area contributed by atoms with Gasteiger partial charge < -0.3 is 11.1 Å². The Morgan fingerprint density at radius 3 is 2.58 bits per heavy atom. The lowest BCUT2D eigenvalue weighted by Crippen LogP contribution is -2.37. The Bertz CT molecular complexity index is 752. The molecule has 3 rings (SSSR count). The maximum atomic E-state index is 9.20. The second-order valence-electron chi connectivity index (χ2n) is 6.23. The van der Waals surface area contributed by atoms with E-state index in [1.54, 1.807) is 0 Å². The number of nitriles is 1. The van der Waals surface area contributed by atoms with E-state index in [1.165, 1.54) is 19.3 Å². The van der Waals surface area contributed by atoms with E-state index < -0.39 is 0 Å². The third-order valence-electron chi connectivity index (χ3n) is 4.54. The zero-order chi connectivity index (χ0) is 16.8. The molecule has 4 nitrogen and oxygen atoms in total. The summed E-state index contributed by atoms with van der Waals surface area (Å²) in [6.07, 6.45) is 3.93. The maximum Gasteiger partial charge on any atom is 0.188 e. The molecule has 2 aromatic carbocycles. The number of benzene rings is 2. The van der Waals surface area contributed by atoms with E-state index in [-0.39, 0.29) is 0 Å².